The summed E-state index contributed by atoms with van der Waals surface area (Å²) in [5.41, 5.74) is 0. The fourth-order valence-electron chi connectivity index (χ4n) is 0.720. The second-order valence-corrected chi connectivity index (χ2v) is 5.57. The maximum Gasteiger partial charge on any atom is 0.201 e. The predicted octanol–water partition coefficient (Wildman–Crippen LogP) is 2.62. The van der Waals surface area contributed by atoms with Gasteiger partial charge in [0.15, 0.2) is 0 Å². The Morgan fingerprint density at radius 2 is 2.25 bits per heavy atom. The summed E-state index contributed by atoms with van der Waals surface area (Å²) >= 11 is 0. The molecular weight excluding hydrogens is 173 g/mol. The van der Waals surface area contributed by atoms with Crippen LogP contribution in [0.1, 0.15) is 26.2 Å². The number of hydrogen-bond donors (Lipinski definition) is 0. The highest BCUT2D eigenvalue weighted by molar-refractivity contribution is 7.58. The quantitative estimate of drug-likeness (QED) is 0.476. The van der Waals surface area contributed by atoms with Gasteiger partial charge in [0, 0.05) is 19.2 Å². The van der Waals surface area contributed by atoms with Crippen molar-refractivity contribution < 1.29 is 9.09 Å². The molecule has 0 bridgehead atoms. The molecule has 0 spiro atoms. The zero-order valence-electron chi connectivity index (χ0n) is 7.75. The van der Waals surface area contributed by atoms with Gasteiger partial charge in [-0.05, 0) is 6.42 Å². The molecule has 0 aliphatic carbocycles. The van der Waals surface area contributed by atoms with Gasteiger partial charge < -0.3 is 4.52 Å². The van der Waals surface area contributed by atoms with Gasteiger partial charge in [-0.15, -0.1) is 0 Å². The van der Waals surface area contributed by atoms with Crippen LogP contribution in [0.4, 0.5) is 0 Å². The van der Waals surface area contributed by atoms with E-state index in [4.69, 9.17) is 9.79 Å². The minimum atomic E-state index is -2.46. The van der Waals surface area contributed by atoms with Crippen LogP contribution >= 0.6 is 7.37 Å². The molecule has 0 amide bonds. The van der Waals surface area contributed by atoms with Crippen LogP contribution in [0, 0.1) is 11.3 Å². The van der Waals surface area contributed by atoms with Gasteiger partial charge in [-0.25, -0.2) is 0 Å². The van der Waals surface area contributed by atoms with Gasteiger partial charge in [0.05, 0.1) is 12.7 Å². The van der Waals surface area contributed by atoms with E-state index in [0.29, 0.717) is 19.2 Å². The van der Waals surface area contributed by atoms with Crippen molar-refractivity contribution in [2.45, 2.75) is 26.2 Å². The summed E-state index contributed by atoms with van der Waals surface area (Å²) in [6.07, 6.45) is 2.68. The van der Waals surface area contributed by atoms with Crippen LogP contribution in [0.15, 0.2) is 0 Å². The molecule has 0 rings (SSSR count). The summed E-state index contributed by atoms with van der Waals surface area (Å²) in [5, 5.41) is 8.27. The van der Waals surface area contributed by atoms with Crippen LogP contribution in [0.2, 0.25) is 0 Å². The van der Waals surface area contributed by atoms with Crippen molar-refractivity contribution in [2.24, 2.45) is 0 Å². The molecule has 0 aliphatic heterocycles. The van der Waals surface area contributed by atoms with Crippen molar-refractivity contribution in [1.29, 1.82) is 5.26 Å². The smallest absolute Gasteiger partial charge is 0.201 e. The second-order valence-electron chi connectivity index (χ2n) is 2.83. The molecule has 0 aromatic carbocycles. The van der Waals surface area contributed by atoms with Gasteiger partial charge >= 0.3 is 0 Å². The van der Waals surface area contributed by atoms with Crippen LogP contribution in [-0.2, 0) is 9.09 Å². The fourth-order valence-corrected chi connectivity index (χ4v) is 1.87. The van der Waals surface area contributed by atoms with Crippen molar-refractivity contribution in [3.8, 4) is 6.07 Å². The Kier molecular flexibility index (Phi) is 6.06. The van der Waals surface area contributed by atoms with E-state index in [9.17, 15) is 4.57 Å². The predicted molar refractivity (Wildman–Crippen MR) is 49.5 cm³/mol. The molecule has 12 heavy (non-hydrogen) atoms. The molecule has 0 radical (unpaired) electrons. The standard InChI is InChI=1S/C8H16NO2P/c1-3-4-7-11-12(2,10)8-5-6-9/h3-5,7-8H2,1-2H3. The Morgan fingerprint density at radius 1 is 1.58 bits per heavy atom. The second kappa shape index (κ2) is 6.22. The normalized spacial score (nSPS) is 15.1. The number of unbranched alkanes of at least 4 members (excludes halogenated alkanes) is 1. The Morgan fingerprint density at radius 3 is 2.75 bits per heavy atom. The molecular formula is C8H16NO2P. The van der Waals surface area contributed by atoms with Crippen molar-refractivity contribution in [2.75, 3.05) is 19.4 Å². The first-order chi connectivity index (χ1) is 5.62. The van der Waals surface area contributed by atoms with Crippen LogP contribution in [-0.4, -0.2) is 19.4 Å². The molecule has 4 heteroatoms. The minimum Gasteiger partial charge on any atom is -0.329 e. The minimum absolute atomic E-state index is 0.319. The first-order valence-corrected chi connectivity index (χ1v) is 6.46. The Bertz CT molecular complexity index is 198. The van der Waals surface area contributed by atoms with E-state index in [0.717, 1.165) is 12.8 Å². The summed E-state index contributed by atoms with van der Waals surface area (Å²) in [4.78, 5) is 0. The monoisotopic (exact) mass is 189 g/mol. The molecule has 0 heterocycles. The van der Waals surface area contributed by atoms with Crippen LogP contribution in [0.3, 0.4) is 0 Å². The molecule has 3 nitrogen and oxygen atoms in total. The zero-order valence-corrected chi connectivity index (χ0v) is 8.64. The third kappa shape index (κ3) is 6.39. The molecule has 0 saturated heterocycles. The lowest BCUT2D eigenvalue weighted by Crippen LogP contribution is -1.95. The first kappa shape index (κ1) is 11.7. The Labute approximate surface area is 74.2 Å². The van der Waals surface area contributed by atoms with Crippen LogP contribution in [0.5, 0.6) is 0 Å². The summed E-state index contributed by atoms with van der Waals surface area (Å²) < 4.78 is 16.7. The lowest BCUT2D eigenvalue weighted by Gasteiger charge is -2.11. The zero-order chi connectivity index (χ0) is 9.45. The maximum atomic E-state index is 11.5. The molecule has 1 unspecified atom stereocenters. The molecule has 0 saturated carbocycles. The van der Waals surface area contributed by atoms with E-state index in [2.05, 4.69) is 6.92 Å². The number of nitriles is 1. The van der Waals surface area contributed by atoms with Gasteiger partial charge in [0.1, 0.15) is 0 Å². The lowest BCUT2D eigenvalue weighted by molar-refractivity contribution is 0.309. The highest BCUT2D eigenvalue weighted by Gasteiger charge is 2.14. The molecule has 0 N–H and O–H groups in total. The third-order valence-corrected chi connectivity index (χ3v) is 3.26. The van der Waals surface area contributed by atoms with Crippen LogP contribution < -0.4 is 0 Å². The summed E-state index contributed by atoms with van der Waals surface area (Å²) in [7, 11) is -2.46. The number of hydrogen-bond acceptors (Lipinski definition) is 3. The van der Waals surface area contributed by atoms with E-state index >= 15 is 0 Å². The van der Waals surface area contributed by atoms with E-state index in [1.54, 1.807) is 6.66 Å². The largest absolute Gasteiger partial charge is 0.329 e. The Hall–Kier alpha value is -0.320. The van der Waals surface area contributed by atoms with Gasteiger partial charge in [-0.3, -0.25) is 4.57 Å². The number of nitrogens with zero attached hydrogens (tertiary/aromatic N) is 1. The summed E-state index contributed by atoms with van der Waals surface area (Å²) in [6.45, 7) is 4.20. The van der Waals surface area contributed by atoms with Crippen molar-refractivity contribution in [3.63, 3.8) is 0 Å². The van der Waals surface area contributed by atoms with E-state index in [1.807, 2.05) is 6.07 Å². The SMILES string of the molecule is CCCCOP(C)(=O)CCC#N. The molecule has 70 valence electrons. The fraction of sp³-hybridized carbons (Fsp3) is 0.875. The molecule has 0 aliphatic rings. The van der Waals surface area contributed by atoms with E-state index in [-0.39, 0.29) is 0 Å². The van der Waals surface area contributed by atoms with Crippen molar-refractivity contribution in [3.05, 3.63) is 0 Å². The van der Waals surface area contributed by atoms with Gasteiger partial charge in [0.25, 0.3) is 0 Å². The highest BCUT2D eigenvalue weighted by Crippen LogP contribution is 2.42. The van der Waals surface area contributed by atoms with Gasteiger partial charge in [-0.2, -0.15) is 5.26 Å². The number of rotatable bonds is 6. The lowest BCUT2D eigenvalue weighted by atomic mass is 10.4. The van der Waals surface area contributed by atoms with Crippen molar-refractivity contribution >= 4 is 7.37 Å². The molecule has 0 aromatic rings. The average molecular weight is 189 g/mol. The topological polar surface area (TPSA) is 50.1 Å². The molecule has 0 fully saturated rings. The molecule has 0 aromatic heterocycles. The first-order valence-electron chi connectivity index (χ1n) is 4.20. The van der Waals surface area contributed by atoms with Crippen molar-refractivity contribution in [1.82, 2.24) is 0 Å². The highest BCUT2D eigenvalue weighted by atomic mass is 31.2. The maximum absolute atomic E-state index is 11.5. The summed E-state index contributed by atoms with van der Waals surface area (Å²) in [6, 6.07) is 1.96. The van der Waals surface area contributed by atoms with Crippen LogP contribution in [0.25, 0.3) is 0 Å². The van der Waals surface area contributed by atoms with E-state index < -0.39 is 7.37 Å². The third-order valence-electron chi connectivity index (χ3n) is 1.49. The van der Waals surface area contributed by atoms with E-state index in [1.165, 1.54) is 0 Å². The summed E-state index contributed by atoms with van der Waals surface area (Å²) in [5.74, 6) is 0. The van der Waals surface area contributed by atoms with Gasteiger partial charge in [0.2, 0.25) is 7.37 Å². The molecule has 1 atom stereocenters. The average Bonchev–Trinajstić information content (AvgIpc) is 2.01. The van der Waals surface area contributed by atoms with Gasteiger partial charge in [-0.1, -0.05) is 13.3 Å². The Balaban J connectivity index is 3.58.